The van der Waals surface area contributed by atoms with Gasteiger partial charge in [0.1, 0.15) is 0 Å². The number of rotatable bonds is 4. The third kappa shape index (κ3) is 4.66. The summed E-state index contributed by atoms with van der Waals surface area (Å²) in [6.45, 7) is 0. The summed E-state index contributed by atoms with van der Waals surface area (Å²) in [5, 5.41) is 0. The lowest BCUT2D eigenvalue weighted by Gasteiger charge is -1.94. The Balaban J connectivity index is 1.98. The fraction of sp³-hybridized carbons (Fsp3) is 0. The Kier molecular flexibility index (Phi) is 5.12. The van der Waals surface area contributed by atoms with Gasteiger partial charge in [0.2, 0.25) is 0 Å². The molecule has 0 spiro atoms. The Hall–Kier alpha value is -1.88. The molecule has 0 aliphatic carbocycles. The van der Waals surface area contributed by atoms with Crippen molar-refractivity contribution in [3.05, 3.63) is 75.4 Å². The zero-order chi connectivity index (χ0) is 14.4. The summed E-state index contributed by atoms with van der Waals surface area (Å²) in [5.41, 5.74) is 8.28. The summed E-state index contributed by atoms with van der Waals surface area (Å²) in [6, 6.07) is 15.4. The van der Waals surface area contributed by atoms with Gasteiger partial charge >= 0.3 is 0 Å². The maximum absolute atomic E-state index is 11.7. The fourth-order valence-electron chi connectivity index (χ4n) is 1.59. The molecule has 0 amide bonds. The van der Waals surface area contributed by atoms with Gasteiger partial charge in [-0.25, -0.2) is 0 Å². The highest BCUT2D eigenvalue weighted by Gasteiger charge is 1.92. The molecule has 2 N–H and O–H groups in total. The van der Waals surface area contributed by atoms with Gasteiger partial charge in [-0.15, -0.1) is 0 Å². The minimum atomic E-state index is -0.0413. The molecule has 0 saturated carbocycles. The largest absolute Gasteiger partial charge is 0.399 e. The van der Waals surface area contributed by atoms with E-state index in [0.717, 1.165) is 11.1 Å². The van der Waals surface area contributed by atoms with Gasteiger partial charge in [0.05, 0.1) is 0 Å². The number of carbonyl (C=O) groups excluding carboxylic acids is 1. The maximum atomic E-state index is 11.7. The summed E-state index contributed by atoms with van der Waals surface area (Å²) in [6.07, 6.45) is 6.70. The quantitative estimate of drug-likeness (QED) is 0.497. The van der Waals surface area contributed by atoms with Crippen molar-refractivity contribution in [3.8, 4) is 0 Å². The number of carbonyl (C=O) groups is 1. The molecule has 3 heteroatoms. The highest BCUT2D eigenvalue weighted by molar-refractivity contribution is 14.1. The number of hydrogen-bond acceptors (Lipinski definition) is 2. The third-order valence-electron chi connectivity index (χ3n) is 2.69. The molecule has 0 aliphatic rings. The molecule has 0 aromatic heterocycles. The first-order valence-electron chi connectivity index (χ1n) is 6.15. The molecular formula is C17H14INO. The van der Waals surface area contributed by atoms with Crippen LogP contribution < -0.4 is 5.73 Å². The zero-order valence-electron chi connectivity index (χ0n) is 10.8. The van der Waals surface area contributed by atoms with Crippen LogP contribution in [-0.4, -0.2) is 5.78 Å². The first-order valence-corrected chi connectivity index (χ1v) is 7.22. The van der Waals surface area contributed by atoms with E-state index in [1.807, 2.05) is 54.6 Å². The zero-order valence-corrected chi connectivity index (χ0v) is 12.9. The van der Waals surface area contributed by atoms with Gasteiger partial charge in [-0.05, 0) is 70.1 Å². The Morgan fingerprint density at radius 3 is 1.80 bits per heavy atom. The number of nitrogen functional groups attached to an aromatic ring is 1. The van der Waals surface area contributed by atoms with Crippen LogP contribution in [0, 0.1) is 3.57 Å². The topological polar surface area (TPSA) is 43.1 Å². The highest BCUT2D eigenvalue weighted by Crippen LogP contribution is 2.09. The molecular weight excluding hydrogens is 359 g/mol. The average Bonchev–Trinajstić information content (AvgIpc) is 2.46. The van der Waals surface area contributed by atoms with Gasteiger partial charge in [-0.3, -0.25) is 4.79 Å². The van der Waals surface area contributed by atoms with E-state index < -0.39 is 0 Å². The van der Waals surface area contributed by atoms with Crippen LogP contribution >= 0.6 is 22.6 Å². The van der Waals surface area contributed by atoms with E-state index >= 15 is 0 Å². The molecule has 0 fully saturated rings. The Morgan fingerprint density at radius 2 is 1.30 bits per heavy atom. The summed E-state index contributed by atoms with van der Waals surface area (Å²) in [4.78, 5) is 11.7. The molecule has 0 radical (unpaired) electrons. The van der Waals surface area contributed by atoms with E-state index in [0.29, 0.717) is 5.69 Å². The molecule has 2 aromatic rings. The third-order valence-corrected chi connectivity index (χ3v) is 3.41. The van der Waals surface area contributed by atoms with Crippen LogP contribution in [0.2, 0.25) is 0 Å². The molecule has 0 heterocycles. The monoisotopic (exact) mass is 373 g/mol. The molecule has 100 valence electrons. The van der Waals surface area contributed by atoms with E-state index in [1.165, 1.54) is 3.57 Å². The normalized spacial score (nSPS) is 11.2. The Labute approximate surface area is 132 Å². The van der Waals surface area contributed by atoms with Crippen molar-refractivity contribution in [3.63, 3.8) is 0 Å². The smallest absolute Gasteiger partial charge is 0.178 e. The lowest BCUT2D eigenvalue weighted by atomic mass is 10.1. The molecule has 20 heavy (non-hydrogen) atoms. The van der Waals surface area contributed by atoms with Crippen LogP contribution in [0.3, 0.4) is 0 Å². The van der Waals surface area contributed by atoms with Gasteiger partial charge in [-0.2, -0.15) is 0 Å². The van der Waals surface area contributed by atoms with Crippen molar-refractivity contribution in [1.82, 2.24) is 0 Å². The van der Waals surface area contributed by atoms with E-state index in [2.05, 4.69) is 22.6 Å². The first kappa shape index (κ1) is 14.5. The van der Waals surface area contributed by atoms with Gasteiger partial charge in [0.15, 0.2) is 5.78 Å². The lowest BCUT2D eigenvalue weighted by Crippen LogP contribution is -1.86. The average molecular weight is 373 g/mol. The van der Waals surface area contributed by atoms with Crippen molar-refractivity contribution in [2.45, 2.75) is 0 Å². The number of allylic oxidation sites excluding steroid dienone is 2. The van der Waals surface area contributed by atoms with E-state index in [4.69, 9.17) is 5.73 Å². The second-order valence-electron chi connectivity index (χ2n) is 4.29. The second kappa shape index (κ2) is 7.05. The summed E-state index contributed by atoms with van der Waals surface area (Å²) in [7, 11) is 0. The van der Waals surface area contributed by atoms with Crippen LogP contribution in [0.15, 0.2) is 60.7 Å². The van der Waals surface area contributed by atoms with Crippen LogP contribution in [0.25, 0.3) is 12.2 Å². The predicted octanol–water partition coefficient (Wildman–Crippen LogP) is 4.17. The minimum Gasteiger partial charge on any atom is -0.399 e. The van der Waals surface area contributed by atoms with Crippen LogP contribution in [0.4, 0.5) is 5.69 Å². The molecule has 2 rings (SSSR count). The Morgan fingerprint density at radius 1 is 0.850 bits per heavy atom. The molecule has 0 unspecified atom stereocenters. The van der Waals surface area contributed by atoms with Crippen molar-refractivity contribution < 1.29 is 4.79 Å². The summed E-state index contributed by atoms with van der Waals surface area (Å²) < 4.78 is 1.18. The van der Waals surface area contributed by atoms with Gasteiger partial charge in [0, 0.05) is 9.26 Å². The van der Waals surface area contributed by atoms with Crippen LogP contribution in [0.1, 0.15) is 11.1 Å². The van der Waals surface area contributed by atoms with Crippen molar-refractivity contribution >= 4 is 46.2 Å². The van der Waals surface area contributed by atoms with E-state index in [1.54, 1.807) is 18.2 Å². The van der Waals surface area contributed by atoms with Crippen molar-refractivity contribution in [2.24, 2.45) is 0 Å². The number of hydrogen-bond donors (Lipinski definition) is 1. The van der Waals surface area contributed by atoms with Crippen LogP contribution in [0.5, 0.6) is 0 Å². The van der Waals surface area contributed by atoms with E-state index in [9.17, 15) is 4.79 Å². The number of benzene rings is 2. The Bertz CT molecular complexity index is 582. The number of anilines is 1. The minimum absolute atomic E-state index is 0.0413. The maximum Gasteiger partial charge on any atom is 0.178 e. The second-order valence-corrected chi connectivity index (χ2v) is 5.53. The number of nitrogens with two attached hydrogens (primary N) is 1. The van der Waals surface area contributed by atoms with E-state index in [-0.39, 0.29) is 5.78 Å². The molecule has 2 aromatic carbocycles. The van der Waals surface area contributed by atoms with Crippen LogP contribution in [-0.2, 0) is 4.79 Å². The number of halogens is 1. The summed E-state index contributed by atoms with van der Waals surface area (Å²) >= 11 is 2.25. The van der Waals surface area contributed by atoms with Gasteiger partial charge < -0.3 is 5.73 Å². The first-order chi connectivity index (χ1) is 9.63. The molecule has 2 nitrogen and oxygen atoms in total. The summed E-state index contributed by atoms with van der Waals surface area (Å²) in [5.74, 6) is -0.0413. The van der Waals surface area contributed by atoms with Crippen molar-refractivity contribution in [1.29, 1.82) is 0 Å². The lowest BCUT2D eigenvalue weighted by molar-refractivity contribution is -0.110. The molecule has 0 aliphatic heterocycles. The SMILES string of the molecule is Nc1ccc(/C=C/C(=O)/C=C/c2ccc([125I])cc2)cc1. The highest BCUT2D eigenvalue weighted by atomic mass is 125. The number of ketones is 1. The van der Waals surface area contributed by atoms with Gasteiger partial charge in [-0.1, -0.05) is 36.4 Å². The standard InChI is InChI=1S/C17H14INO/c18-15-7-1-13(2-8-15)5-11-17(20)12-6-14-3-9-16(19)10-4-14/h1-12H,19H2/b11-5+,12-6+/i18-2. The molecule has 0 bridgehead atoms. The fourth-order valence-corrected chi connectivity index (χ4v) is 1.95. The van der Waals surface area contributed by atoms with Crippen molar-refractivity contribution in [2.75, 3.05) is 5.73 Å². The molecule has 0 atom stereocenters. The van der Waals surface area contributed by atoms with Gasteiger partial charge in [0.25, 0.3) is 0 Å². The predicted molar refractivity (Wildman–Crippen MR) is 93.1 cm³/mol. The molecule has 0 saturated heterocycles.